The van der Waals surface area contributed by atoms with E-state index in [1.165, 1.54) is 48.2 Å². The Morgan fingerprint density at radius 2 is 1.48 bits per heavy atom. The van der Waals surface area contributed by atoms with Gasteiger partial charge in [0.2, 0.25) is 0 Å². The Kier molecular flexibility index (Phi) is 7.37. The third kappa shape index (κ3) is 6.53. The van der Waals surface area contributed by atoms with Crippen LogP contribution in [0.1, 0.15) is 0 Å². The van der Waals surface area contributed by atoms with Crippen LogP contribution in [0.2, 0.25) is 0 Å². The largest absolute Gasteiger partial charge is 0.375 e. The fraction of sp³-hybridized carbons (Fsp3) is 0.400. The molecule has 0 spiro atoms. The minimum Gasteiger partial charge on any atom is -0.375 e. The van der Waals surface area contributed by atoms with Crippen molar-refractivity contribution in [1.82, 2.24) is 0 Å². The second-order valence-electron chi connectivity index (χ2n) is 6.98. The first-order chi connectivity index (χ1) is 13.8. The zero-order valence-corrected chi connectivity index (χ0v) is 17.0. The van der Waals surface area contributed by atoms with Gasteiger partial charge in [0.1, 0.15) is 11.6 Å². The number of alkyl halides is 2. The highest BCUT2D eigenvalue weighted by molar-refractivity contribution is 7.99. The number of benzene rings is 2. The van der Waals surface area contributed by atoms with E-state index in [1.807, 2.05) is 0 Å². The molecular weight excluding hydrogens is 428 g/mol. The van der Waals surface area contributed by atoms with Gasteiger partial charge in [-0.2, -0.15) is 0 Å². The van der Waals surface area contributed by atoms with Crippen molar-refractivity contribution in [2.24, 2.45) is 0 Å². The van der Waals surface area contributed by atoms with E-state index < -0.39 is 28.0 Å². The SMILES string of the molecule is Fc1cccc(SCC2(F)COC2)c1.O=S(CC1(F)COC1)c1cccc(F)c1. The Morgan fingerprint density at radius 3 is 2.00 bits per heavy atom. The maximum Gasteiger partial charge on any atom is 0.169 e. The van der Waals surface area contributed by atoms with Crippen molar-refractivity contribution in [2.75, 3.05) is 37.9 Å². The van der Waals surface area contributed by atoms with Crippen LogP contribution in [0.3, 0.4) is 0 Å². The van der Waals surface area contributed by atoms with E-state index in [2.05, 4.69) is 0 Å². The maximum absolute atomic E-state index is 13.5. The summed E-state index contributed by atoms with van der Waals surface area (Å²) >= 11 is 1.32. The summed E-state index contributed by atoms with van der Waals surface area (Å²) in [6, 6.07) is 11.6. The van der Waals surface area contributed by atoms with Crippen molar-refractivity contribution < 1.29 is 31.2 Å². The Balaban J connectivity index is 0.000000166. The van der Waals surface area contributed by atoms with Gasteiger partial charge in [-0.05, 0) is 36.4 Å². The van der Waals surface area contributed by atoms with Gasteiger partial charge >= 0.3 is 0 Å². The molecule has 0 aromatic heterocycles. The number of ether oxygens (including phenoxy) is 2. The van der Waals surface area contributed by atoms with E-state index in [0.717, 1.165) is 4.90 Å². The molecule has 2 aliphatic heterocycles. The lowest BCUT2D eigenvalue weighted by atomic mass is 10.1. The number of rotatable bonds is 6. The van der Waals surface area contributed by atoms with Crippen molar-refractivity contribution in [3.8, 4) is 0 Å². The number of halogens is 4. The lowest BCUT2D eigenvalue weighted by Gasteiger charge is -2.33. The highest BCUT2D eigenvalue weighted by Crippen LogP contribution is 2.30. The lowest BCUT2D eigenvalue weighted by Crippen LogP contribution is -2.49. The van der Waals surface area contributed by atoms with Gasteiger partial charge in [0.15, 0.2) is 11.3 Å². The molecule has 0 N–H and O–H groups in total. The topological polar surface area (TPSA) is 35.5 Å². The van der Waals surface area contributed by atoms with E-state index in [4.69, 9.17) is 9.47 Å². The van der Waals surface area contributed by atoms with Gasteiger partial charge in [-0.25, -0.2) is 17.6 Å². The summed E-state index contributed by atoms with van der Waals surface area (Å²) in [6.07, 6.45) is 0. The number of hydrogen-bond acceptors (Lipinski definition) is 4. The molecule has 1 atom stereocenters. The summed E-state index contributed by atoms with van der Waals surface area (Å²) in [5, 5.41) is 0. The summed E-state index contributed by atoms with van der Waals surface area (Å²) in [5.41, 5.74) is -2.71. The highest BCUT2D eigenvalue weighted by atomic mass is 32.2. The zero-order valence-electron chi connectivity index (χ0n) is 15.4. The smallest absolute Gasteiger partial charge is 0.169 e. The van der Waals surface area contributed by atoms with E-state index in [9.17, 15) is 21.8 Å². The Labute approximate surface area is 173 Å². The molecule has 2 aromatic rings. The quantitative estimate of drug-likeness (QED) is 0.487. The van der Waals surface area contributed by atoms with Crippen molar-refractivity contribution in [2.45, 2.75) is 21.1 Å². The van der Waals surface area contributed by atoms with Gasteiger partial charge in [0, 0.05) is 15.5 Å². The van der Waals surface area contributed by atoms with E-state index in [-0.39, 0.29) is 38.0 Å². The molecule has 3 nitrogen and oxygen atoms in total. The average molecular weight is 449 g/mol. The van der Waals surface area contributed by atoms with Crippen LogP contribution < -0.4 is 0 Å². The van der Waals surface area contributed by atoms with E-state index in [0.29, 0.717) is 10.6 Å². The fourth-order valence-corrected chi connectivity index (χ4v) is 4.75. The van der Waals surface area contributed by atoms with Crippen LogP contribution in [0.4, 0.5) is 17.6 Å². The van der Waals surface area contributed by atoms with Crippen LogP contribution in [-0.4, -0.2) is 53.5 Å². The predicted octanol–water partition coefficient (Wildman–Crippen LogP) is 4.33. The number of thioether (sulfide) groups is 1. The first kappa shape index (κ1) is 22.3. The molecule has 2 aromatic carbocycles. The molecule has 158 valence electrons. The standard InChI is InChI=1S/C10H10F2O2S.C10H10F2OS/c11-8-2-1-3-9(4-8)15(13)7-10(12)5-14-6-10;11-8-2-1-3-9(4-8)14-7-10(12)5-13-6-10/h1-4H,5-7H2;1-4H,5-7H2. The highest BCUT2D eigenvalue weighted by Gasteiger charge is 2.40. The molecule has 0 bridgehead atoms. The summed E-state index contributed by atoms with van der Waals surface area (Å²) in [4.78, 5) is 1.08. The van der Waals surface area contributed by atoms with Crippen molar-refractivity contribution in [1.29, 1.82) is 0 Å². The van der Waals surface area contributed by atoms with Crippen LogP contribution in [0, 0.1) is 11.6 Å². The molecule has 29 heavy (non-hydrogen) atoms. The van der Waals surface area contributed by atoms with Crippen LogP contribution in [0.15, 0.2) is 58.3 Å². The molecule has 0 saturated carbocycles. The summed E-state index contributed by atoms with van der Waals surface area (Å²) in [5.74, 6) is -0.543. The van der Waals surface area contributed by atoms with Gasteiger partial charge < -0.3 is 9.47 Å². The molecule has 2 aliphatic rings. The van der Waals surface area contributed by atoms with Crippen molar-refractivity contribution in [3.05, 3.63) is 60.2 Å². The van der Waals surface area contributed by atoms with Crippen LogP contribution >= 0.6 is 11.8 Å². The molecule has 1 unspecified atom stereocenters. The predicted molar refractivity (Wildman–Crippen MR) is 104 cm³/mol. The minimum atomic E-state index is -1.51. The lowest BCUT2D eigenvalue weighted by molar-refractivity contribution is -0.115. The van der Waals surface area contributed by atoms with Crippen molar-refractivity contribution >= 4 is 22.6 Å². The third-order valence-electron chi connectivity index (χ3n) is 4.19. The second kappa shape index (κ2) is 9.59. The van der Waals surface area contributed by atoms with Gasteiger partial charge in [0.25, 0.3) is 0 Å². The third-order valence-corrected chi connectivity index (χ3v) is 6.99. The minimum absolute atomic E-state index is 0.0198. The monoisotopic (exact) mass is 448 g/mol. The summed E-state index contributed by atoms with van der Waals surface area (Å²) in [7, 11) is -1.51. The molecule has 4 rings (SSSR count). The summed E-state index contributed by atoms with van der Waals surface area (Å²) in [6.45, 7) is 0.284. The van der Waals surface area contributed by atoms with Gasteiger partial charge in [-0.15, -0.1) is 11.8 Å². The Hall–Kier alpha value is -1.42. The zero-order chi connectivity index (χ0) is 20.9. The Bertz CT molecular complexity index is 857. The molecule has 2 fully saturated rings. The normalized spacial score (nSPS) is 19.9. The second-order valence-corrected chi connectivity index (χ2v) is 9.48. The molecule has 2 saturated heterocycles. The van der Waals surface area contributed by atoms with E-state index in [1.54, 1.807) is 12.1 Å². The Morgan fingerprint density at radius 1 is 0.897 bits per heavy atom. The van der Waals surface area contributed by atoms with E-state index >= 15 is 0 Å². The molecule has 9 heteroatoms. The summed E-state index contributed by atoms with van der Waals surface area (Å²) < 4.78 is 73.7. The van der Waals surface area contributed by atoms with Gasteiger partial charge in [-0.1, -0.05) is 12.1 Å². The van der Waals surface area contributed by atoms with Crippen LogP contribution in [0.25, 0.3) is 0 Å². The molecule has 0 radical (unpaired) electrons. The van der Waals surface area contributed by atoms with Crippen molar-refractivity contribution in [3.63, 3.8) is 0 Å². The van der Waals surface area contributed by atoms with Crippen LogP contribution in [-0.2, 0) is 20.3 Å². The number of hydrogen-bond donors (Lipinski definition) is 0. The average Bonchev–Trinajstić information content (AvgIpc) is 2.64. The maximum atomic E-state index is 13.5. The molecule has 0 amide bonds. The molecule has 2 heterocycles. The first-order valence-corrected chi connectivity index (χ1v) is 11.1. The van der Waals surface area contributed by atoms with Gasteiger partial charge in [-0.3, -0.25) is 4.21 Å². The first-order valence-electron chi connectivity index (χ1n) is 8.83. The van der Waals surface area contributed by atoms with Crippen LogP contribution in [0.5, 0.6) is 0 Å². The molecular formula is C20H20F4O3S2. The van der Waals surface area contributed by atoms with Gasteiger partial charge in [0.05, 0.1) is 43.0 Å². The molecule has 0 aliphatic carbocycles. The fourth-order valence-electron chi connectivity index (χ4n) is 2.51.